The molecule has 8 heteroatoms. The predicted molar refractivity (Wildman–Crippen MR) is 45.3 cm³/mol. The molecule has 0 bridgehead atoms. The third kappa shape index (κ3) is 2.59. The second kappa shape index (κ2) is 3.75. The van der Waals surface area contributed by atoms with Gasteiger partial charge >= 0.3 is 6.36 Å². The largest absolute Gasteiger partial charge is 0.574 e. The lowest BCUT2D eigenvalue weighted by molar-refractivity contribution is -0.276. The molecule has 14 heavy (non-hydrogen) atoms. The Labute approximate surface area is 88.8 Å². The number of pyridine rings is 1. The van der Waals surface area contributed by atoms with E-state index in [4.69, 9.17) is 5.11 Å². The fourth-order valence-electron chi connectivity index (χ4n) is 0.624. The molecule has 0 aliphatic heterocycles. The molecule has 0 spiro atoms. The van der Waals surface area contributed by atoms with Crippen molar-refractivity contribution in [2.24, 2.45) is 0 Å². The van der Waals surface area contributed by atoms with E-state index >= 15 is 0 Å². The topological polar surface area (TPSA) is 42.4 Å². The van der Waals surface area contributed by atoms with Crippen LogP contribution >= 0.6 is 22.6 Å². The summed E-state index contributed by atoms with van der Waals surface area (Å²) in [6.07, 6.45) is -4.19. The van der Waals surface area contributed by atoms with Gasteiger partial charge in [0.05, 0.1) is 3.57 Å². The average molecular weight is 323 g/mol. The Morgan fingerprint density at radius 1 is 1.43 bits per heavy atom. The monoisotopic (exact) mass is 323 g/mol. The number of aromatic hydroxyl groups is 1. The van der Waals surface area contributed by atoms with Crippen LogP contribution in [-0.4, -0.2) is 16.5 Å². The molecule has 0 saturated carbocycles. The average Bonchev–Trinajstić information content (AvgIpc) is 2.04. The molecular weight excluding hydrogens is 321 g/mol. The van der Waals surface area contributed by atoms with Gasteiger partial charge in [0.2, 0.25) is 5.75 Å². The lowest BCUT2D eigenvalue weighted by Gasteiger charge is -2.09. The van der Waals surface area contributed by atoms with E-state index in [1.54, 1.807) is 0 Å². The molecule has 0 fully saturated rings. The van der Waals surface area contributed by atoms with Crippen LogP contribution in [0.1, 0.15) is 0 Å². The second-order valence-electron chi connectivity index (χ2n) is 2.12. The van der Waals surface area contributed by atoms with E-state index in [0.717, 1.165) is 6.20 Å². The number of nitrogens with zero attached hydrogens (tertiary/aromatic N) is 1. The molecule has 1 heterocycles. The molecule has 1 aromatic heterocycles. The Morgan fingerprint density at radius 3 is 2.50 bits per heavy atom. The summed E-state index contributed by atoms with van der Waals surface area (Å²) in [6.45, 7) is 0. The van der Waals surface area contributed by atoms with E-state index in [1.807, 2.05) is 0 Å². The van der Waals surface area contributed by atoms with Crippen LogP contribution in [0.15, 0.2) is 6.20 Å². The summed E-state index contributed by atoms with van der Waals surface area (Å²) < 4.78 is 51.0. The number of alkyl halides is 3. The highest BCUT2D eigenvalue weighted by molar-refractivity contribution is 14.1. The maximum atomic E-state index is 12.8. The smallest absolute Gasteiger partial charge is 0.501 e. The van der Waals surface area contributed by atoms with Gasteiger partial charge in [0.1, 0.15) is 0 Å². The van der Waals surface area contributed by atoms with E-state index in [9.17, 15) is 17.6 Å². The van der Waals surface area contributed by atoms with Gasteiger partial charge in [0.15, 0.2) is 5.82 Å². The van der Waals surface area contributed by atoms with Crippen LogP contribution in [0.5, 0.6) is 11.6 Å². The Bertz CT molecular complexity index is 354. The maximum Gasteiger partial charge on any atom is 0.574 e. The van der Waals surface area contributed by atoms with Gasteiger partial charge in [-0.2, -0.15) is 0 Å². The van der Waals surface area contributed by atoms with Crippen molar-refractivity contribution in [3.63, 3.8) is 0 Å². The minimum Gasteiger partial charge on any atom is -0.501 e. The van der Waals surface area contributed by atoms with Gasteiger partial charge in [-0.1, -0.05) is 0 Å². The van der Waals surface area contributed by atoms with E-state index in [0.29, 0.717) is 0 Å². The Morgan fingerprint density at radius 2 is 2.00 bits per heavy atom. The summed E-state index contributed by atoms with van der Waals surface area (Å²) in [4.78, 5) is 3.08. The Kier molecular flexibility index (Phi) is 3.02. The van der Waals surface area contributed by atoms with Crippen LogP contribution in [0.4, 0.5) is 17.6 Å². The predicted octanol–water partition coefficient (Wildman–Crippen LogP) is 2.43. The second-order valence-corrected chi connectivity index (χ2v) is 3.28. The van der Waals surface area contributed by atoms with Crippen LogP contribution in [0.25, 0.3) is 0 Å². The summed E-state index contributed by atoms with van der Waals surface area (Å²) in [5.74, 6) is -3.65. The van der Waals surface area contributed by atoms with Crippen molar-refractivity contribution >= 4 is 22.6 Å². The van der Waals surface area contributed by atoms with Crippen LogP contribution in [0.3, 0.4) is 0 Å². The molecule has 1 aromatic rings. The molecule has 0 aliphatic carbocycles. The molecule has 0 unspecified atom stereocenters. The summed E-state index contributed by atoms with van der Waals surface area (Å²) >= 11 is 1.47. The molecule has 3 nitrogen and oxygen atoms in total. The van der Waals surface area contributed by atoms with Crippen molar-refractivity contribution in [2.45, 2.75) is 6.36 Å². The molecule has 0 amide bonds. The quantitative estimate of drug-likeness (QED) is 0.638. The van der Waals surface area contributed by atoms with Crippen molar-refractivity contribution in [1.82, 2.24) is 4.98 Å². The molecule has 0 radical (unpaired) electrons. The van der Waals surface area contributed by atoms with Crippen LogP contribution in [0.2, 0.25) is 0 Å². The molecular formula is C6H2F4INO2. The molecule has 0 atom stereocenters. The number of hydrogen-bond donors (Lipinski definition) is 1. The fraction of sp³-hybridized carbons (Fsp3) is 0.167. The van der Waals surface area contributed by atoms with Crippen LogP contribution < -0.4 is 4.74 Å². The van der Waals surface area contributed by atoms with Gasteiger partial charge in [0.25, 0.3) is 5.88 Å². The van der Waals surface area contributed by atoms with Gasteiger partial charge in [-0.15, -0.1) is 13.2 Å². The number of halogens is 5. The van der Waals surface area contributed by atoms with Crippen LogP contribution in [-0.2, 0) is 0 Å². The molecule has 0 aromatic carbocycles. The zero-order valence-corrected chi connectivity index (χ0v) is 8.43. The third-order valence-electron chi connectivity index (χ3n) is 1.13. The Balaban J connectivity index is 3.06. The molecule has 78 valence electrons. The van der Waals surface area contributed by atoms with E-state index in [-0.39, 0.29) is 3.57 Å². The van der Waals surface area contributed by atoms with Crippen molar-refractivity contribution in [1.29, 1.82) is 0 Å². The SMILES string of the molecule is Oc1c(OC(F)(F)F)ncc(I)c1F. The number of aromatic nitrogens is 1. The highest BCUT2D eigenvalue weighted by atomic mass is 127. The van der Waals surface area contributed by atoms with Crippen molar-refractivity contribution in [3.05, 3.63) is 15.6 Å². The zero-order valence-electron chi connectivity index (χ0n) is 6.27. The van der Waals surface area contributed by atoms with Crippen LogP contribution in [0, 0.1) is 9.39 Å². The standard InChI is InChI=1S/C6H2F4INO2/c7-3-2(11)1-12-5(4(3)13)14-6(8,9)10/h1,13H. The summed E-state index contributed by atoms with van der Waals surface area (Å²) in [6, 6.07) is 0. The van der Waals surface area contributed by atoms with Gasteiger partial charge < -0.3 is 9.84 Å². The van der Waals surface area contributed by atoms with E-state index in [2.05, 4.69) is 9.72 Å². The van der Waals surface area contributed by atoms with Crippen molar-refractivity contribution in [2.75, 3.05) is 0 Å². The first-order valence-electron chi connectivity index (χ1n) is 3.10. The van der Waals surface area contributed by atoms with Gasteiger partial charge in [-0.05, 0) is 22.6 Å². The van der Waals surface area contributed by atoms with E-state index < -0.39 is 23.8 Å². The number of hydrogen-bond acceptors (Lipinski definition) is 3. The molecule has 0 saturated heterocycles. The van der Waals surface area contributed by atoms with Gasteiger partial charge in [-0.25, -0.2) is 9.37 Å². The minimum absolute atomic E-state index is 0.102. The first-order chi connectivity index (χ1) is 6.31. The fourth-order valence-corrected chi connectivity index (χ4v) is 1.02. The first-order valence-corrected chi connectivity index (χ1v) is 4.18. The summed E-state index contributed by atoms with van der Waals surface area (Å²) in [5.41, 5.74) is 0. The summed E-state index contributed by atoms with van der Waals surface area (Å²) in [5, 5.41) is 8.87. The highest BCUT2D eigenvalue weighted by Crippen LogP contribution is 2.32. The van der Waals surface area contributed by atoms with Gasteiger partial charge in [0, 0.05) is 6.20 Å². The highest BCUT2D eigenvalue weighted by Gasteiger charge is 2.34. The van der Waals surface area contributed by atoms with Gasteiger partial charge in [-0.3, -0.25) is 0 Å². The summed E-state index contributed by atoms with van der Waals surface area (Å²) in [7, 11) is 0. The zero-order chi connectivity index (χ0) is 10.9. The minimum atomic E-state index is -5.01. The first kappa shape index (κ1) is 11.3. The maximum absolute atomic E-state index is 12.8. The lowest BCUT2D eigenvalue weighted by atomic mass is 10.4. The number of ether oxygens (including phenoxy) is 1. The molecule has 0 aliphatic rings. The van der Waals surface area contributed by atoms with Crippen molar-refractivity contribution < 1.29 is 27.4 Å². The van der Waals surface area contributed by atoms with Crippen molar-refractivity contribution in [3.8, 4) is 11.6 Å². The van der Waals surface area contributed by atoms with E-state index in [1.165, 1.54) is 22.6 Å². The lowest BCUT2D eigenvalue weighted by Crippen LogP contribution is -2.18. The molecule has 1 N–H and O–H groups in total. The normalized spacial score (nSPS) is 11.5. The molecule has 1 rings (SSSR count). The Hall–Kier alpha value is -0.800. The number of rotatable bonds is 1. The third-order valence-corrected chi connectivity index (χ3v) is 1.88.